The van der Waals surface area contributed by atoms with Crippen molar-refractivity contribution in [2.24, 2.45) is 0 Å². The molecule has 4 heteroatoms. The van der Waals surface area contributed by atoms with Gasteiger partial charge in [0, 0.05) is 6.42 Å². The van der Waals surface area contributed by atoms with Gasteiger partial charge in [0.1, 0.15) is 6.10 Å². The number of carboxylic acids is 1. The van der Waals surface area contributed by atoms with E-state index in [9.17, 15) is 4.79 Å². The Balaban J connectivity index is 3.85. The van der Waals surface area contributed by atoms with Gasteiger partial charge in [0.15, 0.2) is 0 Å². The van der Waals surface area contributed by atoms with Crippen LogP contribution in [-0.4, -0.2) is 22.4 Å². The molecular formula is C20H30O4. The fourth-order valence-electron chi connectivity index (χ4n) is 1.83. The molecule has 1 atom stereocenters. The van der Waals surface area contributed by atoms with Crippen molar-refractivity contribution in [2.45, 2.75) is 58.0 Å². The van der Waals surface area contributed by atoms with Crippen LogP contribution in [-0.2, 0) is 9.68 Å². The highest BCUT2D eigenvalue weighted by atomic mass is 17.1. The SMILES string of the molecule is CC/C=C/C/C=C/C[C@@H](/C=C/C=C/C/C=C/CCCC(=O)O)OO. The van der Waals surface area contributed by atoms with Crippen LogP contribution in [0.4, 0.5) is 0 Å². The third kappa shape index (κ3) is 16.5. The second-order valence-corrected chi connectivity index (χ2v) is 5.27. The topological polar surface area (TPSA) is 66.8 Å². The maximum atomic E-state index is 10.3. The van der Waals surface area contributed by atoms with Crippen molar-refractivity contribution in [3.8, 4) is 0 Å². The largest absolute Gasteiger partial charge is 0.481 e. The van der Waals surface area contributed by atoms with Crippen LogP contribution in [0.5, 0.6) is 0 Å². The molecule has 0 fully saturated rings. The van der Waals surface area contributed by atoms with Crippen LogP contribution in [0.2, 0.25) is 0 Å². The lowest BCUT2D eigenvalue weighted by molar-refractivity contribution is -0.264. The Bertz CT molecular complexity index is 445. The number of allylic oxidation sites excluding steroid dienone is 8. The summed E-state index contributed by atoms with van der Waals surface area (Å²) in [5.41, 5.74) is 0. The first-order valence-corrected chi connectivity index (χ1v) is 8.51. The highest BCUT2D eigenvalue weighted by Gasteiger charge is 1.99. The van der Waals surface area contributed by atoms with Gasteiger partial charge in [-0.2, -0.15) is 0 Å². The Kier molecular flexibility index (Phi) is 16.1. The molecule has 0 bridgehead atoms. The number of unbranched alkanes of at least 4 members (excludes halogenated alkanes) is 1. The van der Waals surface area contributed by atoms with Crippen LogP contribution >= 0.6 is 0 Å². The van der Waals surface area contributed by atoms with E-state index in [1.54, 1.807) is 6.08 Å². The minimum atomic E-state index is -0.749. The molecule has 0 aliphatic heterocycles. The minimum absolute atomic E-state index is 0.217. The molecule has 0 heterocycles. The number of hydrogen-bond donors (Lipinski definition) is 2. The molecule has 0 amide bonds. The van der Waals surface area contributed by atoms with Crippen molar-refractivity contribution >= 4 is 5.97 Å². The summed E-state index contributed by atoms with van der Waals surface area (Å²) >= 11 is 0. The highest BCUT2D eigenvalue weighted by Crippen LogP contribution is 2.02. The molecule has 0 rings (SSSR count). The molecule has 134 valence electrons. The second kappa shape index (κ2) is 17.4. The van der Waals surface area contributed by atoms with E-state index in [1.807, 2.05) is 36.5 Å². The number of carboxylic acid groups (broad SMARTS) is 1. The van der Waals surface area contributed by atoms with E-state index in [0.29, 0.717) is 12.8 Å². The second-order valence-electron chi connectivity index (χ2n) is 5.27. The lowest BCUT2D eigenvalue weighted by atomic mass is 10.2. The predicted molar refractivity (Wildman–Crippen MR) is 98.8 cm³/mol. The van der Waals surface area contributed by atoms with E-state index < -0.39 is 5.97 Å². The van der Waals surface area contributed by atoms with Crippen molar-refractivity contribution in [1.82, 2.24) is 0 Å². The summed E-state index contributed by atoms with van der Waals surface area (Å²) in [7, 11) is 0. The van der Waals surface area contributed by atoms with Crippen LogP contribution in [0, 0.1) is 0 Å². The number of rotatable bonds is 14. The maximum Gasteiger partial charge on any atom is 0.303 e. The maximum absolute atomic E-state index is 10.3. The smallest absolute Gasteiger partial charge is 0.303 e. The Labute approximate surface area is 145 Å². The molecule has 0 aromatic heterocycles. The molecule has 2 N–H and O–H groups in total. The van der Waals surface area contributed by atoms with Gasteiger partial charge in [-0.3, -0.25) is 10.1 Å². The highest BCUT2D eigenvalue weighted by molar-refractivity contribution is 5.66. The molecule has 0 unspecified atom stereocenters. The Morgan fingerprint density at radius 3 is 2.42 bits per heavy atom. The van der Waals surface area contributed by atoms with Gasteiger partial charge in [-0.25, -0.2) is 4.89 Å². The van der Waals surface area contributed by atoms with Crippen LogP contribution in [0.1, 0.15) is 51.9 Å². The quantitative estimate of drug-likeness (QED) is 0.145. The third-order valence-electron chi connectivity index (χ3n) is 3.12. The van der Waals surface area contributed by atoms with Gasteiger partial charge in [0.2, 0.25) is 0 Å². The van der Waals surface area contributed by atoms with E-state index in [2.05, 4.69) is 30.0 Å². The standard InChI is InChI=1S/C20H30O4/c1-2-3-4-5-10-13-16-19(24-23)17-14-11-8-6-7-9-12-15-18-20(21)22/h3-4,7-11,13-14,17,19,23H,2,5-6,12,15-16,18H2,1H3,(H,21,22)/b4-3+,9-7+,11-8+,13-10+,17-14+/t19-/m0/s1. The van der Waals surface area contributed by atoms with Crippen molar-refractivity contribution in [3.05, 3.63) is 60.8 Å². The Morgan fingerprint density at radius 1 is 1.00 bits per heavy atom. The Hall–Kier alpha value is -1.91. The average Bonchev–Trinajstić information content (AvgIpc) is 2.57. The van der Waals surface area contributed by atoms with Gasteiger partial charge < -0.3 is 5.11 Å². The van der Waals surface area contributed by atoms with Gasteiger partial charge in [0.25, 0.3) is 0 Å². The number of aliphatic carboxylic acids is 1. The zero-order valence-corrected chi connectivity index (χ0v) is 14.5. The van der Waals surface area contributed by atoms with Crippen LogP contribution in [0.3, 0.4) is 0 Å². The summed E-state index contributed by atoms with van der Waals surface area (Å²) in [6, 6.07) is 0. The van der Waals surface area contributed by atoms with Gasteiger partial charge in [-0.05, 0) is 38.5 Å². The van der Waals surface area contributed by atoms with Crippen LogP contribution < -0.4 is 0 Å². The molecule has 0 radical (unpaired) electrons. The first kappa shape index (κ1) is 22.1. The van der Waals surface area contributed by atoms with Gasteiger partial charge in [-0.15, -0.1) is 0 Å². The van der Waals surface area contributed by atoms with Gasteiger partial charge in [-0.1, -0.05) is 67.7 Å². The predicted octanol–water partition coefficient (Wildman–Crippen LogP) is 5.46. The fourth-order valence-corrected chi connectivity index (χ4v) is 1.83. The number of hydrogen-bond acceptors (Lipinski definition) is 3. The third-order valence-corrected chi connectivity index (χ3v) is 3.12. The van der Waals surface area contributed by atoms with E-state index in [4.69, 9.17) is 10.4 Å². The molecule has 0 aromatic rings. The average molecular weight is 334 g/mol. The molecule has 0 saturated carbocycles. The molecule has 0 aromatic carbocycles. The molecule has 4 nitrogen and oxygen atoms in total. The molecular weight excluding hydrogens is 304 g/mol. The zero-order valence-electron chi connectivity index (χ0n) is 14.5. The lowest BCUT2D eigenvalue weighted by Gasteiger charge is -2.03. The first-order valence-electron chi connectivity index (χ1n) is 8.51. The van der Waals surface area contributed by atoms with Crippen LogP contribution in [0.15, 0.2) is 60.8 Å². The van der Waals surface area contributed by atoms with Crippen LogP contribution in [0.25, 0.3) is 0 Å². The van der Waals surface area contributed by atoms with E-state index in [0.717, 1.165) is 25.7 Å². The normalized spacial score (nSPS) is 14.1. The molecule has 0 spiro atoms. The van der Waals surface area contributed by atoms with Crippen molar-refractivity contribution in [1.29, 1.82) is 0 Å². The molecule has 0 aliphatic carbocycles. The summed E-state index contributed by atoms with van der Waals surface area (Å²) in [6.45, 7) is 2.10. The molecule has 0 aliphatic rings. The summed E-state index contributed by atoms with van der Waals surface area (Å²) in [6.07, 6.45) is 24.5. The van der Waals surface area contributed by atoms with Gasteiger partial charge >= 0.3 is 5.97 Å². The summed E-state index contributed by atoms with van der Waals surface area (Å²) in [5.74, 6) is -0.749. The molecule has 24 heavy (non-hydrogen) atoms. The van der Waals surface area contributed by atoms with E-state index in [-0.39, 0.29) is 12.5 Å². The van der Waals surface area contributed by atoms with E-state index >= 15 is 0 Å². The molecule has 0 saturated heterocycles. The fraction of sp³-hybridized carbons (Fsp3) is 0.450. The zero-order chi connectivity index (χ0) is 17.9. The van der Waals surface area contributed by atoms with Crippen molar-refractivity contribution in [3.63, 3.8) is 0 Å². The van der Waals surface area contributed by atoms with Crippen molar-refractivity contribution in [2.75, 3.05) is 0 Å². The van der Waals surface area contributed by atoms with Crippen molar-refractivity contribution < 1.29 is 20.0 Å². The lowest BCUT2D eigenvalue weighted by Crippen LogP contribution is -2.04. The minimum Gasteiger partial charge on any atom is -0.481 e. The van der Waals surface area contributed by atoms with Gasteiger partial charge in [0.05, 0.1) is 0 Å². The monoisotopic (exact) mass is 334 g/mol. The summed E-state index contributed by atoms with van der Waals surface area (Å²) in [4.78, 5) is 14.8. The first-order chi connectivity index (χ1) is 11.7. The summed E-state index contributed by atoms with van der Waals surface area (Å²) in [5, 5.41) is 17.4. The van der Waals surface area contributed by atoms with E-state index in [1.165, 1.54) is 0 Å². The summed E-state index contributed by atoms with van der Waals surface area (Å²) < 4.78 is 0. The Morgan fingerprint density at radius 2 is 1.71 bits per heavy atom. The number of carbonyl (C=O) groups is 1.